The van der Waals surface area contributed by atoms with Crippen molar-refractivity contribution in [2.24, 2.45) is 5.92 Å². The van der Waals surface area contributed by atoms with Gasteiger partial charge in [0.05, 0.1) is 11.7 Å². The predicted molar refractivity (Wildman–Crippen MR) is 152 cm³/mol. The number of nitrogens with zero attached hydrogens (tertiary/aromatic N) is 5. The molecule has 2 amide bonds. The molecule has 4 rings (SSSR count). The van der Waals surface area contributed by atoms with Crippen LogP contribution in [0.15, 0.2) is 35.3 Å². The van der Waals surface area contributed by atoms with E-state index in [0.29, 0.717) is 35.6 Å². The number of rotatable bonds is 8. The normalized spacial score (nSPS) is 14.0. The number of nitrogens with one attached hydrogen (secondary N) is 2. The maximum Gasteiger partial charge on any atom is 0.293 e. The molecular weight excluding hydrogens is 522 g/mol. The smallest absolute Gasteiger partial charge is 0.293 e. The summed E-state index contributed by atoms with van der Waals surface area (Å²) < 4.78 is 7.18. The van der Waals surface area contributed by atoms with Crippen LogP contribution in [0.4, 0.5) is 17.5 Å². The van der Waals surface area contributed by atoms with Gasteiger partial charge in [0.15, 0.2) is 18.2 Å². The standard InChI is InChI=1S/C27H34ClN7O4/c1-16(2)35-21-7-6-19(12-18(21)13-22(26(35)38)39-15-23(36)29-3)31-24-20(28)14-30-27(32-24)34-10-8-17(9-11-34)25(37)33(4)5/h6-7,12-14,16-17H,8-11,15H2,1-5H3,(H,29,36)(H,30,31,32). The van der Waals surface area contributed by atoms with E-state index in [1.807, 2.05) is 32.0 Å². The number of piperidine rings is 1. The molecule has 0 unspecified atom stereocenters. The van der Waals surface area contributed by atoms with Crippen molar-refractivity contribution in [3.63, 3.8) is 0 Å². The summed E-state index contributed by atoms with van der Waals surface area (Å²) >= 11 is 6.44. The van der Waals surface area contributed by atoms with E-state index in [-0.39, 0.29) is 41.7 Å². The Kier molecular flexibility index (Phi) is 8.59. The van der Waals surface area contributed by atoms with Crippen LogP contribution in [0.3, 0.4) is 0 Å². The van der Waals surface area contributed by atoms with Gasteiger partial charge in [0.2, 0.25) is 11.9 Å². The third kappa shape index (κ3) is 6.25. The number of fused-ring (bicyclic) bond motifs is 1. The van der Waals surface area contributed by atoms with E-state index in [2.05, 4.69) is 25.5 Å². The number of aromatic nitrogens is 3. The fraction of sp³-hybridized carbons (Fsp3) is 0.444. The van der Waals surface area contributed by atoms with Crippen LogP contribution in [0.25, 0.3) is 10.9 Å². The van der Waals surface area contributed by atoms with Crippen LogP contribution in [0.5, 0.6) is 5.75 Å². The molecule has 0 bridgehead atoms. The van der Waals surface area contributed by atoms with Crippen LogP contribution in [0.1, 0.15) is 32.7 Å². The lowest BCUT2D eigenvalue weighted by Crippen LogP contribution is -2.40. The molecule has 0 saturated carbocycles. The number of carbonyl (C=O) groups is 2. The molecule has 1 aromatic carbocycles. The van der Waals surface area contributed by atoms with Crippen LogP contribution in [0, 0.1) is 5.92 Å². The fourth-order valence-corrected chi connectivity index (χ4v) is 4.79. The van der Waals surface area contributed by atoms with E-state index >= 15 is 0 Å². The second kappa shape index (κ2) is 11.9. The lowest BCUT2D eigenvalue weighted by atomic mass is 9.96. The fourth-order valence-electron chi connectivity index (χ4n) is 4.66. The van der Waals surface area contributed by atoms with Gasteiger partial charge in [0.1, 0.15) is 5.02 Å². The van der Waals surface area contributed by atoms with Gasteiger partial charge in [-0.3, -0.25) is 14.4 Å². The number of ether oxygens (including phenoxy) is 1. The van der Waals surface area contributed by atoms with Crippen LogP contribution in [-0.2, 0) is 9.59 Å². The van der Waals surface area contributed by atoms with Crippen LogP contribution in [0.2, 0.25) is 5.02 Å². The first-order valence-electron chi connectivity index (χ1n) is 12.9. The molecule has 0 spiro atoms. The largest absolute Gasteiger partial charge is 0.478 e. The Morgan fingerprint density at radius 1 is 1.21 bits per heavy atom. The topological polar surface area (TPSA) is 122 Å². The maximum absolute atomic E-state index is 13.1. The second-order valence-electron chi connectivity index (χ2n) is 10.00. The van der Waals surface area contributed by atoms with Gasteiger partial charge in [0.25, 0.3) is 11.5 Å². The van der Waals surface area contributed by atoms with Crippen LogP contribution in [-0.4, -0.2) is 72.1 Å². The Balaban J connectivity index is 1.59. The van der Waals surface area contributed by atoms with Crippen molar-refractivity contribution in [1.29, 1.82) is 0 Å². The van der Waals surface area contributed by atoms with Gasteiger partial charge in [-0.05, 0) is 51.0 Å². The summed E-state index contributed by atoms with van der Waals surface area (Å²) in [5, 5.41) is 6.86. The highest BCUT2D eigenvalue weighted by molar-refractivity contribution is 6.32. The Labute approximate surface area is 232 Å². The van der Waals surface area contributed by atoms with Gasteiger partial charge < -0.3 is 29.7 Å². The summed E-state index contributed by atoms with van der Waals surface area (Å²) in [6, 6.07) is 7.08. The van der Waals surface area contributed by atoms with Crippen LogP contribution >= 0.6 is 11.6 Å². The lowest BCUT2D eigenvalue weighted by Gasteiger charge is -2.32. The maximum atomic E-state index is 13.1. The molecule has 39 heavy (non-hydrogen) atoms. The summed E-state index contributed by atoms with van der Waals surface area (Å²) in [7, 11) is 5.07. The van der Waals surface area contributed by atoms with Crippen molar-refractivity contribution < 1.29 is 14.3 Å². The van der Waals surface area contributed by atoms with Gasteiger partial charge >= 0.3 is 0 Å². The summed E-state index contributed by atoms with van der Waals surface area (Å²) in [6.45, 7) is 4.92. The number of hydrogen-bond donors (Lipinski definition) is 2. The number of pyridine rings is 1. The first kappa shape index (κ1) is 28.2. The molecule has 2 aromatic heterocycles. The summed E-state index contributed by atoms with van der Waals surface area (Å²) in [4.78, 5) is 49.8. The highest BCUT2D eigenvalue weighted by Gasteiger charge is 2.27. The molecule has 1 aliphatic heterocycles. The van der Waals surface area contributed by atoms with E-state index < -0.39 is 0 Å². The Hall–Kier alpha value is -3.86. The Morgan fingerprint density at radius 3 is 2.56 bits per heavy atom. The van der Waals surface area contributed by atoms with Gasteiger partial charge in [-0.1, -0.05) is 11.6 Å². The first-order chi connectivity index (χ1) is 18.6. The number of amides is 2. The average molecular weight is 556 g/mol. The third-order valence-electron chi connectivity index (χ3n) is 6.72. The van der Waals surface area contributed by atoms with Crippen LogP contribution < -0.4 is 25.8 Å². The highest BCUT2D eigenvalue weighted by atomic mass is 35.5. The van der Waals surface area contributed by atoms with Crippen molar-refractivity contribution in [2.75, 3.05) is 51.1 Å². The monoisotopic (exact) mass is 555 g/mol. The van der Waals surface area contributed by atoms with Crippen molar-refractivity contribution >= 4 is 51.8 Å². The number of benzene rings is 1. The van der Waals surface area contributed by atoms with Crippen molar-refractivity contribution in [2.45, 2.75) is 32.7 Å². The van der Waals surface area contributed by atoms with Gasteiger partial charge in [-0.2, -0.15) is 4.98 Å². The zero-order valence-corrected chi connectivity index (χ0v) is 23.6. The van der Waals surface area contributed by atoms with Gasteiger partial charge in [0, 0.05) is 57.3 Å². The number of anilines is 3. The van der Waals surface area contributed by atoms with Gasteiger partial charge in [-0.15, -0.1) is 0 Å². The van der Waals surface area contributed by atoms with Crippen molar-refractivity contribution in [3.8, 4) is 5.75 Å². The molecule has 1 aliphatic rings. The molecule has 3 aromatic rings. The first-order valence-corrected chi connectivity index (χ1v) is 13.2. The molecule has 0 atom stereocenters. The highest BCUT2D eigenvalue weighted by Crippen LogP contribution is 2.30. The molecule has 0 radical (unpaired) electrons. The van der Waals surface area contributed by atoms with Gasteiger partial charge in [-0.25, -0.2) is 4.98 Å². The van der Waals surface area contributed by atoms with Crippen molar-refractivity contribution in [3.05, 3.63) is 45.8 Å². The Morgan fingerprint density at radius 2 is 1.92 bits per heavy atom. The molecular formula is C27H34ClN7O4. The molecule has 2 N–H and O–H groups in total. The molecule has 208 valence electrons. The zero-order valence-electron chi connectivity index (χ0n) is 22.8. The number of carbonyl (C=O) groups excluding carboxylic acids is 2. The second-order valence-corrected chi connectivity index (χ2v) is 10.4. The van der Waals surface area contributed by atoms with E-state index in [1.165, 1.54) is 7.05 Å². The zero-order chi connectivity index (χ0) is 28.3. The molecule has 11 nitrogen and oxygen atoms in total. The molecule has 0 aliphatic carbocycles. The summed E-state index contributed by atoms with van der Waals surface area (Å²) in [5.41, 5.74) is 1.13. The minimum Gasteiger partial charge on any atom is -0.478 e. The number of likely N-dealkylation sites (N-methyl/N-ethyl adjacent to an activating group) is 1. The summed E-state index contributed by atoms with van der Waals surface area (Å²) in [5.74, 6) is 0.902. The molecule has 1 fully saturated rings. The molecule has 12 heteroatoms. The Bertz CT molecular complexity index is 1430. The minimum atomic E-state index is -0.330. The van der Waals surface area contributed by atoms with E-state index in [9.17, 15) is 14.4 Å². The average Bonchev–Trinajstić information content (AvgIpc) is 2.92. The predicted octanol–water partition coefficient (Wildman–Crippen LogP) is 3.20. The van der Waals surface area contributed by atoms with E-state index in [1.54, 1.807) is 35.8 Å². The van der Waals surface area contributed by atoms with E-state index in [4.69, 9.17) is 16.3 Å². The number of hydrogen-bond acceptors (Lipinski definition) is 8. The minimum absolute atomic E-state index is 0.00667. The molecule has 3 heterocycles. The SMILES string of the molecule is CNC(=O)COc1cc2cc(Nc3nc(N4CCC(C(=O)N(C)C)CC4)ncc3Cl)ccc2n(C(C)C)c1=O. The third-order valence-corrected chi connectivity index (χ3v) is 7.00. The number of halogens is 1. The summed E-state index contributed by atoms with van der Waals surface area (Å²) in [6.07, 6.45) is 3.03. The molecule has 1 saturated heterocycles. The van der Waals surface area contributed by atoms with Crippen molar-refractivity contribution in [1.82, 2.24) is 24.8 Å². The quantitative estimate of drug-likeness (QED) is 0.434. The van der Waals surface area contributed by atoms with E-state index in [0.717, 1.165) is 23.7 Å². The lowest BCUT2D eigenvalue weighted by molar-refractivity contribution is -0.133.